The molecule has 2 heterocycles. The lowest BCUT2D eigenvalue weighted by molar-refractivity contribution is 0.467. The van der Waals surface area contributed by atoms with Gasteiger partial charge in [-0.15, -0.1) is 0 Å². The van der Waals surface area contributed by atoms with E-state index in [2.05, 4.69) is 40.3 Å². The van der Waals surface area contributed by atoms with E-state index in [-0.39, 0.29) is 11.7 Å². The zero-order chi connectivity index (χ0) is 18.6. The summed E-state index contributed by atoms with van der Waals surface area (Å²) in [6.07, 6.45) is 5.49. The molecule has 0 aliphatic heterocycles. The Balaban J connectivity index is 1.76. The van der Waals surface area contributed by atoms with Gasteiger partial charge in [-0.05, 0) is 43.0 Å². The molecule has 4 aromatic rings. The van der Waals surface area contributed by atoms with Crippen molar-refractivity contribution in [3.05, 3.63) is 102 Å². The number of benzene rings is 2. The van der Waals surface area contributed by atoms with Gasteiger partial charge in [0, 0.05) is 35.0 Å². The molecule has 0 bridgehead atoms. The van der Waals surface area contributed by atoms with Gasteiger partial charge in [0.15, 0.2) is 0 Å². The molecule has 0 amide bonds. The number of pyridine rings is 2. The van der Waals surface area contributed by atoms with Crippen molar-refractivity contribution in [2.75, 3.05) is 0 Å². The van der Waals surface area contributed by atoms with Gasteiger partial charge >= 0.3 is 0 Å². The van der Waals surface area contributed by atoms with Crippen molar-refractivity contribution in [2.45, 2.75) is 25.7 Å². The van der Waals surface area contributed by atoms with Crippen LogP contribution < -0.4 is 0 Å². The molecule has 3 nitrogen and oxygen atoms in total. The van der Waals surface area contributed by atoms with E-state index < -0.39 is 0 Å². The number of aromatic nitrogens is 2. The van der Waals surface area contributed by atoms with Crippen molar-refractivity contribution in [1.82, 2.24) is 9.97 Å². The second-order valence-electron chi connectivity index (χ2n) is 6.89. The largest absolute Gasteiger partial charge is 0.505 e. The van der Waals surface area contributed by atoms with Gasteiger partial charge in [-0.2, -0.15) is 0 Å². The molecule has 1 unspecified atom stereocenters. The topological polar surface area (TPSA) is 46.0 Å². The van der Waals surface area contributed by atoms with Gasteiger partial charge in [0.2, 0.25) is 0 Å². The molecule has 0 saturated heterocycles. The van der Waals surface area contributed by atoms with Gasteiger partial charge in [-0.25, -0.2) is 4.98 Å². The maximum absolute atomic E-state index is 11.0. The van der Waals surface area contributed by atoms with Crippen molar-refractivity contribution in [3.63, 3.8) is 0 Å². The van der Waals surface area contributed by atoms with E-state index in [9.17, 15) is 5.11 Å². The summed E-state index contributed by atoms with van der Waals surface area (Å²) >= 11 is 0. The number of hydrogen-bond donors (Lipinski definition) is 1. The lowest BCUT2D eigenvalue weighted by atomic mass is 9.86. The molecule has 0 fully saturated rings. The minimum absolute atomic E-state index is 0.0608. The highest BCUT2D eigenvalue weighted by Crippen LogP contribution is 2.38. The fourth-order valence-electron chi connectivity index (χ4n) is 3.61. The highest BCUT2D eigenvalue weighted by molar-refractivity contribution is 5.86. The average Bonchev–Trinajstić information content (AvgIpc) is 2.71. The van der Waals surface area contributed by atoms with Crippen LogP contribution in [0, 0.1) is 6.92 Å². The third-order valence-electron chi connectivity index (χ3n) is 5.03. The van der Waals surface area contributed by atoms with Crippen molar-refractivity contribution >= 4 is 10.9 Å². The Kier molecular flexibility index (Phi) is 4.84. The number of hydrogen-bond acceptors (Lipinski definition) is 3. The SMILES string of the molecule is Cc1ccc2ccc(C(CCc3ccccc3)c3cccnc3)c(O)c2n1. The fourth-order valence-corrected chi connectivity index (χ4v) is 3.61. The molecule has 0 spiro atoms. The average molecular weight is 354 g/mol. The van der Waals surface area contributed by atoms with Crippen LogP contribution in [0.5, 0.6) is 5.75 Å². The van der Waals surface area contributed by atoms with Crippen LogP contribution in [0.3, 0.4) is 0 Å². The molecule has 1 atom stereocenters. The van der Waals surface area contributed by atoms with E-state index in [4.69, 9.17) is 0 Å². The molecule has 0 saturated carbocycles. The predicted molar refractivity (Wildman–Crippen MR) is 109 cm³/mol. The summed E-state index contributed by atoms with van der Waals surface area (Å²) in [6, 6.07) is 22.5. The molecule has 134 valence electrons. The Labute approximate surface area is 159 Å². The number of phenols is 1. The second kappa shape index (κ2) is 7.58. The van der Waals surface area contributed by atoms with Gasteiger partial charge in [-0.3, -0.25) is 4.98 Å². The van der Waals surface area contributed by atoms with E-state index in [0.29, 0.717) is 5.52 Å². The first kappa shape index (κ1) is 17.2. The van der Waals surface area contributed by atoms with E-state index >= 15 is 0 Å². The number of fused-ring (bicyclic) bond motifs is 1. The van der Waals surface area contributed by atoms with Crippen LogP contribution >= 0.6 is 0 Å². The van der Waals surface area contributed by atoms with E-state index in [0.717, 1.165) is 35.0 Å². The Morgan fingerprint density at radius 1 is 0.926 bits per heavy atom. The van der Waals surface area contributed by atoms with Crippen LogP contribution in [-0.4, -0.2) is 15.1 Å². The minimum atomic E-state index is 0.0608. The highest BCUT2D eigenvalue weighted by atomic mass is 16.3. The number of nitrogens with zero attached hydrogens (tertiary/aromatic N) is 2. The van der Waals surface area contributed by atoms with E-state index in [1.807, 2.05) is 49.5 Å². The van der Waals surface area contributed by atoms with E-state index in [1.165, 1.54) is 5.56 Å². The monoisotopic (exact) mass is 354 g/mol. The fraction of sp³-hybridized carbons (Fsp3) is 0.167. The molecule has 2 aromatic carbocycles. The molecular formula is C24H22N2O. The van der Waals surface area contributed by atoms with Crippen LogP contribution in [0.15, 0.2) is 79.1 Å². The lowest BCUT2D eigenvalue weighted by Crippen LogP contribution is -2.05. The first-order valence-corrected chi connectivity index (χ1v) is 9.25. The van der Waals surface area contributed by atoms with Crippen molar-refractivity contribution in [2.24, 2.45) is 0 Å². The number of phenolic OH excluding ortho intramolecular Hbond substituents is 1. The van der Waals surface area contributed by atoms with Gasteiger partial charge in [0.25, 0.3) is 0 Å². The Morgan fingerprint density at radius 2 is 1.74 bits per heavy atom. The standard InChI is InChI=1S/C24H22N2O/c1-17-9-11-19-12-14-22(24(27)23(19)26-17)21(20-8-5-15-25-16-20)13-10-18-6-3-2-4-7-18/h2-9,11-12,14-16,21,27H,10,13H2,1H3. The summed E-state index contributed by atoms with van der Waals surface area (Å²) < 4.78 is 0. The normalized spacial score (nSPS) is 12.2. The highest BCUT2D eigenvalue weighted by Gasteiger charge is 2.20. The third kappa shape index (κ3) is 3.68. The molecular weight excluding hydrogens is 332 g/mol. The maximum atomic E-state index is 11.0. The summed E-state index contributed by atoms with van der Waals surface area (Å²) in [7, 11) is 0. The first-order chi connectivity index (χ1) is 13.2. The molecule has 0 aliphatic carbocycles. The van der Waals surface area contributed by atoms with Crippen molar-refractivity contribution in [3.8, 4) is 5.75 Å². The molecule has 0 radical (unpaired) electrons. The lowest BCUT2D eigenvalue weighted by Gasteiger charge is -2.20. The third-order valence-corrected chi connectivity index (χ3v) is 5.03. The molecule has 1 N–H and O–H groups in total. The summed E-state index contributed by atoms with van der Waals surface area (Å²) in [5, 5.41) is 12.0. The zero-order valence-corrected chi connectivity index (χ0v) is 15.3. The molecule has 3 heteroatoms. The van der Waals surface area contributed by atoms with Gasteiger partial charge in [-0.1, -0.05) is 54.6 Å². The Morgan fingerprint density at radius 3 is 2.52 bits per heavy atom. The van der Waals surface area contributed by atoms with Crippen molar-refractivity contribution in [1.29, 1.82) is 0 Å². The van der Waals surface area contributed by atoms with Gasteiger partial charge in [0.1, 0.15) is 11.3 Å². The number of rotatable bonds is 5. The van der Waals surface area contributed by atoms with Crippen LogP contribution in [0.1, 0.15) is 34.7 Å². The van der Waals surface area contributed by atoms with Crippen LogP contribution in [0.2, 0.25) is 0 Å². The van der Waals surface area contributed by atoms with Gasteiger partial charge < -0.3 is 5.11 Å². The van der Waals surface area contributed by atoms with Crippen LogP contribution in [-0.2, 0) is 6.42 Å². The molecule has 2 aromatic heterocycles. The molecule has 27 heavy (non-hydrogen) atoms. The summed E-state index contributed by atoms with van der Waals surface area (Å²) in [5.74, 6) is 0.337. The second-order valence-corrected chi connectivity index (χ2v) is 6.89. The summed E-state index contributed by atoms with van der Waals surface area (Å²) in [6.45, 7) is 1.94. The Hall–Kier alpha value is -3.20. The van der Waals surface area contributed by atoms with Crippen LogP contribution in [0.25, 0.3) is 10.9 Å². The zero-order valence-electron chi connectivity index (χ0n) is 15.3. The minimum Gasteiger partial charge on any atom is -0.505 e. The molecule has 0 aliphatic rings. The van der Waals surface area contributed by atoms with Crippen molar-refractivity contribution < 1.29 is 5.11 Å². The molecule has 4 rings (SSSR count). The van der Waals surface area contributed by atoms with E-state index in [1.54, 1.807) is 6.20 Å². The van der Waals surface area contributed by atoms with Gasteiger partial charge in [0.05, 0.1) is 0 Å². The quantitative estimate of drug-likeness (QED) is 0.521. The smallest absolute Gasteiger partial charge is 0.145 e. The Bertz CT molecular complexity index is 1050. The summed E-state index contributed by atoms with van der Waals surface area (Å²) in [5.41, 5.74) is 4.87. The summed E-state index contributed by atoms with van der Waals surface area (Å²) in [4.78, 5) is 8.86. The predicted octanol–water partition coefficient (Wildman–Crippen LogP) is 5.41. The van der Waals surface area contributed by atoms with Crippen LogP contribution in [0.4, 0.5) is 0 Å². The number of aromatic hydroxyl groups is 1. The first-order valence-electron chi connectivity index (χ1n) is 9.25. The maximum Gasteiger partial charge on any atom is 0.145 e. The number of aryl methyl sites for hydroxylation is 2.